The fourth-order valence-corrected chi connectivity index (χ4v) is 3.21. The van der Waals surface area contributed by atoms with E-state index >= 15 is 0 Å². The Morgan fingerprint density at radius 3 is 2.48 bits per heavy atom. The van der Waals surface area contributed by atoms with Gasteiger partial charge in [0, 0.05) is 18.7 Å². The van der Waals surface area contributed by atoms with Crippen molar-refractivity contribution >= 4 is 25.8 Å². The number of primary amides is 1. The molecule has 0 spiro atoms. The average Bonchev–Trinajstić information content (AvgIpc) is 2.52. The molecule has 150 valence electrons. The number of benzene rings is 1. The van der Waals surface area contributed by atoms with Crippen molar-refractivity contribution in [3.8, 4) is 0 Å². The van der Waals surface area contributed by atoms with Crippen molar-refractivity contribution in [1.29, 1.82) is 0 Å². The summed E-state index contributed by atoms with van der Waals surface area (Å²) in [5, 5.41) is 13.4. The molecule has 0 aliphatic heterocycles. The van der Waals surface area contributed by atoms with Gasteiger partial charge in [0.25, 0.3) is 5.69 Å². The summed E-state index contributed by atoms with van der Waals surface area (Å²) in [7, 11) is -1.95. The summed E-state index contributed by atoms with van der Waals surface area (Å²) < 4.78 is 6.02. The van der Waals surface area contributed by atoms with Crippen LogP contribution in [0.2, 0.25) is 18.1 Å². The first-order valence-corrected chi connectivity index (χ1v) is 11.7. The number of carbonyl (C=O) groups is 2. The molecule has 1 rings (SSSR count). The van der Waals surface area contributed by atoms with Crippen LogP contribution in [0, 0.1) is 10.1 Å². The number of nitro benzene ring substituents is 1. The van der Waals surface area contributed by atoms with E-state index in [1.165, 1.54) is 18.2 Å². The zero-order valence-electron chi connectivity index (χ0n) is 16.6. The highest BCUT2D eigenvalue weighted by Crippen LogP contribution is 2.36. The molecule has 0 bridgehead atoms. The molecule has 1 atom stereocenters. The third-order valence-corrected chi connectivity index (χ3v) is 9.38. The number of amides is 2. The van der Waals surface area contributed by atoms with Crippen LogP contribution in [-0.2, 0) is 20.4 Å². The fourth-order valence-electron chi connectivity index (χ4n) is 2.14. The van der Waals surface area contributed by atoms with E-state index in [4.69, 9.17) is 10.2 Å². The maximum atomic E-state index is 12.2. The van der Waals surface area contributed by atoms with Crippen molar-refractivity contribution in [2.75, 3.05) is 6.61 Å². The Hall–Kier alpha value is -2.26. The summed E-state index contributed by atoms with van der Waals surface area (Å²) >= 11 is 0. The van der Waals surface area contributed by atoms with E-state index in [1.54, 1.807) is 6.07 Å². The monoisotopic (exact) mass is 395 g/mol. The minimum absolute atomic E-state index is 0.0422. The van der Waals surface area contributed by atoms with Gasteiger partial charge in [0.15, 0.2) is 8.32 Å². The molecule has 27 heavy (non-hydrogen) atoms. The maximum Gasteiger partial charge on any atom is 0.269 e. The number of nitrogens with zero attached hydrogens (tertiary/aromatic N) is 1. The SMILES string of the molecule is CC(C)(C)[Si](C)(C)OCC[C@H](NC(=O)Cc1cccc([N+](=O)[O-])c1)C(N)=O. The Labute approximate surface area is 160 Å². The number of nitrogens with two attached hydrogens (primary N) is 1. The smallest absolute Gasteiger partial charge is 0.269 e. The topological polar surface area (TPSA) is 125 Å². The molecule has 8 nitrogen and oxygen atoms in total. The Balaban J connectivity index is 2.64. The molecule has 0 unspecified atom stereocenters. The van der Waals surface area contributed by atoms with Gasteiger partial charge in [0.1, 0.15) is 6.04 Å². The van der Waals surface area contributed by atoms with E-state index in [2.05, 4.69) is 39.2 Å². The number of hydrogen-bond donors (Lipinski definition) is 2. The average molecular weight is 396 g/mol. The molecular formula is C18H29N3O5Si. The molecule has 0 aromatic heterocycles. The fraction of sp³-hybridized carbons (Fsp3) is 0.556. The number of non-ortho nitro benzene ring substituents is 1. The van der Waals surface area contributed by atoms with Gasteiger partial charge >= 0.3 is 0 Å². The van der Waals surface area contributed by atoms with E-state index < -0.39 is 31.1 Å². The van der Waals surface area contributed by atoms with Crippen LogP contribution in [0.5, 0.6) is 0 Å². The van der Waals surface area contributed by atoms with Crippen molar-refractivity contribution < 1.29 is 18.9 Å². The van der Waals surface area contributed by atoms with Crippen LogP contribution in [0.3, 0.4) is 0 Å². The van der Waals surface area contributed by atoms with E-state index in [9.17, 15) is 19.7 Å². The van der Waals surface area contributed by atoms with Crippen molar-refractivity contribution in [3.05, 3.63) is 39.9 Å². The van der Waals surface area contributed by atoms with Gasteiger partial charge in [-0.1, -0.05) is 32.9 Å². The van der Waals surface area contributed by atoms with Crippen molar-refractivity contribution in [2.45, 2.75) is 57.8 Å². The molecule has 0 saturated heterocycles. The normalized spacial score (nSPS) is 13.1. The number of carbonyl (C=O) groups excluding carboxylic acids is 2. The molecule has 0 heterocycles. The molecule has 0 radical (unpaired) electrons. The second kappa shape index (κ2) is 9.09. The molecule has 9 heteroatoms. The Kier molecular flexibility index (Phi) is 7.67. The van der Waals surface area contributed by atoms with Crippen molar-refractivity contribution in [2.24, 2.45) is 5.73 Å². The molecule has 1 aromatic carbocycles. The van der Waals surface area contributed by atoms with E-state index in [1.807, 2.05) is 0 Å². The summed E-state index contributed by atoms with van der Waals surface area (Å²) in [6.07, 6.45) is 0.205. The highest BCUT2D eigenvalue weighted by Gasteiger charge is 2.37. The van der Waals surface area contributed by atoms with Crippen LogP contribution in [0.15, 0.2) is 24.3 Å². The second-order valence-corrected chi connectivity index (χ2v) is 12.8. The van der Waals surface area contributed by atoms with Crippen molar-refractivity contribution in [3.63, 3.8) is 0 Å². The quantitative estimate of drug-likeness (QED) is 0.378. The lowest BCUT2D eigenvalue weighted by Gasteiger charge is -2.36. The molecule has 0 aliphatic rings. The zero-order valence-corrected chi connectivity index (χ0v) is 17.6. The van der Waals surface area contributed by atoms with E-state index in [0.29, 0.717) is 12.2 Å². The Morgan fingerprint density at radius 1 is 1.33 bits per heavy atom. The molecule has 0 aliphatic carbocycles. The van der Waals surface area contributed by atoms with Gasteiger partial charge in [-0.25, -0.2) is 0 Å². The van der Waals surface area contributed by atoms with Gasteiger partial charge in [-0.15, -0.1) is 0 Å². The summed E-state index contributed by atoms with van der Waals surface area (Å²) in [5.74, 6) is -1.06. The number of nitro groups is 1. The summed E-state index contributed by atoms with van der Waals surface area (Å²) in [6, 6.07) is 4.97. The first-order chi connectivity index (χ1) is 12.3. The van der Waals surface area contributed by atoms with Gasteiger partial charge in [-0.05, 0) is 30.1 Å². The summed E-state index contributed by atoms with van der Waals surface area (Å²) in [4.78, 5) is 34.2. The van der Waals surface area contributed by atoms with E-state index in [-0.39, 0.29) is 23.6 Å². The van der Waals surface area contributed by atoms with Crippen LogP contribution in [0.25, 0.3) is 0 Å². The minimum atomic E-state index is -1.95. The first kappa shape index (κ1) is 22.8. The predicted octanol–water partition coefficient (Wildman–Crippen LogP) is 2.52. The molecule has 0 fully saturated rings. The Bertz CT molecular complexity index is 700. The molecule has 2 amide bonds. The predicted molar refractivity (Wildman–Crippen MR) is 106 cm³/mol. The van der Waals surface area contributed by atoms with Crippen LogP contribution in [-0.4, -0.2) is 37.7 Å². The Morgan fingerprint density at radius 2 is 1.96 bits per heavy atom. The van der Waals surface area contributed by atoms with E-state index in [0.717, 1.165) is 0 Å². The molecular weight excluding hydrogens is 366 g/mol. The van der Waals surface area contributed by atoms with Gasteiger partial charge in [0.2, 0.25) is 11.8 Å². The van der Waals surface area contributed by atoms with Gasteiger partial charge < -0.3 is 15.5 Å². The zero-order chi connectivity index (χ0) is 20.8. The van der Waals surface area contributed by atoms with Gasteiger partial charge in [0.05, 0.1) is 11.3 Å². The standard InChI is InChI=1S/C18H29N3O5Si/c1-18(2,3)27(4,5)26-10-9-15(17(19)23)20-16(22)12-13-7-6-8-14(11-13)21(24)25/h6-8,11,15H,9-10,12H2,1-5H3,(H2,19,23)(H,20,22)/t15-/m0/s1. The lowest BCUT2D eigenvalue weighted by Crippen LogP contribution is -2.47. The molecule has 0 saturated carbocycles. The largest absolute Gasteiger partial charge is 0.417 e. The maximum absolute atomic E-state index is 12.2. The second-order valence-electron chi connectivity index (χ2n) is 8.02. The lowest BCUT2D eigenvalue weighted by molar-refractivity contribution is -0.384. The van der Waals surface area contributed by atoms with Gasteiger partial charge in [-0.2, -0.15) is 0 Å². The highest BCUT2D eigenvalue weighted by molar-refractivity contribution is 6.74. The van der Waals surface area contributed by atoms with Crippen LogP contribution in [0.4, 0.5) is 5.69 Å². The number of rotatable bonds is 9. The third kappa shape index (κ3) is 7.10. The summed E-state index contributed by atoms with van der Waals surface area (Å²) in [6.45, 7) is 10.9. The van der Waals surface area contributed by atoms with Crippen LogP contribution >= 0.6 is 0 Å². The molecule has 1 aromatic rings. The summed E-state index contributed by atoms with van der Waals surface area (Å²) in [5.41, 5.74) is 5.79. The highest BCUT2D eigenvalue weighted by atomic mass is 28.4. The number of hydrogen-bond acceptors (Lipinski definition) is 5. The van der Waals surface area contributed by atoms with Crippen LogP contribution in [0.1, 0.15) is 32.8 Å². The minimum Gasteiger partial charge on any atom is -0.417 e. The molecule has 3 N–H and O–H groups in total. The lowest BCUT2D eigenvalue weighted by atomic mass is 10.1. The third-order valence-electron chi connectivity index (χ3n) is 4.84. The first-order valence-electron chi connectivity index (χ1n) is 8.79. The number of nitrogens with one attached hydrogen (secondary N) is 1. The van der Waals surface area contributed by atoms with Crippen LogP contribution < -0.4 is 11.1 Å². The van der Waals surface area contributed by atoms with Crippen molar-refractivity contribution in [1.82, 2.24) is 5.32 Å². The van der Waals surface area contributed by atoms with Gasteiger partial charge in [-0.3, -0.25) is 19.7 Å².